The van der Waals surface area contributed by atoms with Crippen molar-refractivity contribution in [3.05, 3.63) is 78.2 Å². The molecule has 1 unspecified atom stereocenters. The topological polar surface area (TPSA) is 44.3 Å². The number of halogens is 1. The summed E-state index contributed by atoms with van der Waals surface area (Å²) in [6.07, 6.45) is 1.80. The second-order valence-corrected chi connectivity index (χ2v) is 6.97. The smallest absolute Gasteiger partial charge is 0.227 e. The van der Waals surface area contributed by atoms with E-state index < -0.39 is 0 Å². The summed E-state index contributed by atoms with van der Waals surface area (Å²) in [4.78, 5) is 13.6. The van der Waals surface area contributed by atoms with Gasteiger partial charge in [-0.1, -0.05) is 30.3 Å². The van der Waals surface area contributed by atoms with Gasteiger partial charge < -0.3 is 15.1 Å². The quantitative estimate of drug-likeness (QED) is 0.725. The standard InChI is InChI=1S/C22H24FN5/c1-17(18-5-3-2-4-6-18)25-21-11-12-24-22(26-21)28-15-13-27(14-16-28)20-9-7-19(23)8-10-20/h2-12,17H,13-16H2,1H3,(H,24,25,26). The van der Waals surface area contributed by atoms with E-state index in [9.17, 15) is 4.39 Å². The molecule has 2 heterocycles. The van der Waals surface area contributed by atoms with Crippen molar-refractivity contribution in [1.29, 1.82) is 0 Å². The number of rotatable bonds is 5. The Morgan fingerprint density at radius 1 is 0.893 bits per heavy atom. The third-order valence-electron chi connectivity index (χ3n) is 5.06. The number of nitrogens with one attached hydrogen (secondary N) is 1. The molecule has 0 radical (unpaired) electrons. The average molecular weight is 377 g/mol. The number of benzene rings is 2. The molecule has 0 saturated carbocycles. The van der Waals surface area contributed by atoms with Crippen LogP contribution in [0.2, 0.25) is 0 Å². The van der Waals surface area contributed by atoms with Crippen molar-refractivity contribution in [2.45, 2.75) is 13.0 Å². The molecule has 1 aliphatic rings. The minimum absolute atomic E-state index is 0.166. The third-order valence-corrected chi connectivity index (χ3v) is 5.06. The molecule has 1 atom stereocenters. The lowest BCUT2D eigenvalue weighted by molar-refractivity contribution is 0.623. The second-order valence-electron chi connectivity index (χ2n) is 6.97. The number of nitrogens with zero attached hydrogens (tertiary/aromatic N) is 4. The molecule has 1 fully saturated rings. The van der Waals surface area contributed by atoms with Gasteiger partial charge in [0.1, 0.15) is 11.6 Å². The highest BCUT2D eigenvalue weighted by Gasteiger charge is 2.19. The van der Waals surface area contributed by atoms with E-state index in [-0.39, 0.29) is 11.9 Å². The van der Waals surface area contributed by atoms with E-state index in [2.05, 4.69) is 39.2 Å². The Kier molecular flexibility index (Phi) is 5.37. The van der Waals surface area contributed by atoms with Crippen molar-refractivity contribution >= 4 is 17.5 Å². The average Bonchev–Trinajstić information content (AvgIpc) is 2.75. The molecule has 0 aliphatic carbocycles. The molecule has 4 rings (SSSR count). The molecule has 0 bridgehead atoms. The fraction of sp³-hybridized carbons (Fsp3) is 0.273. The Hall–Kier alpha value is -3.15. The summed E-state index contributed by atoms with van der Waals surface area (Å²) in [6.45, 7) is 5.49. The molecule has 28 heavy (non-hydrogen) atoms. The van der Waals surface area contributed by atoms with Crippen LogP contribution in [0.15, 0.2) is 66.9 Å². The van der Waals surface area contributed by atoms with Gasteiger partial charge in [0.15, 0.2) is 0 Å². The largest absolute Gasteiger partial charge is 0.368 e. The zero-order valence-electron chi connectivity index (χ0n) is 15.9. The highest BCUT2D eigenvalue weighted by atomic mass is 19.1. The number of piperazine rings is 1. The first-order valence-corrected chi connectivity index (χ1v) is 9.59. The highest BCUT2D eigenvalue weighted by molar-refractivity contribution is 5.49. The minimum atomic E-state index is -0.204. The van der Waals surface area contributed by atoms with Gasteiger partial charge in [0.05, 0.1) is 0 Å². The van der Waals surface area contributed by atoms with Gasteiger partial charge in [-0.15, -0.1) is 0 Å². The molecule has 1 aromatic heterocycles. The summed E-state index contributed by atoms with van der Waals surface area (Å²) < 4.78 is 13.1. The van der Waals surface area contributed by atoms with Crippen LogP contribution in [-0.4, -0.2) is 36.1 Å². The van der Waals surface area contributed by atoms with Gasteiger partial charge in [0.25, 0.3) is 0 Å². The van der Waals surface area contributed by atoms with Gasteiger partial charge >= 0.3 is 0 Å². The van der Waals surface area contributed by atoms with Crippen LogP contribution in [0, 0.1) is 5.82 Å². The summed E-state index contributed by atoms with van der Waals surface area (Å²) in [5, 5.41) is 3.45. The SMILES string of the molecule is CC(Nc1ccnc(N2CCN(c3ccc(F)cc3)CC2)n1)c1ccccc1. The van der Waals surface area contributed by atoms with Crippen LogP contribution in [0.5, 0.6) is 0 Å². The molecule has 1 saturated heterocycles. The minimum Gasteiger partial charge on any atom is -0.368 e. The summed E-state index contributed by atoms with van der Waals surface area (Å²) in [5.74, 6) is 1.36. The maximum absolute atomic E-state index is 13.1. The van der Waals surface area contributed by atoms with Crippen LogP contribution in [0.25, 0.3) is 0 Å². The monoisotopic (exact) mass is 377 g/mol. The fourth-order valence-electron chi connectivity index (χ4n) is 3.44. The molecule has 144 valence electrons. The molecule has 1 aliphatic heterocycles. The molecular formula is C22H24FN5. The van der Waals surface area contributed by atoms with Crippen molar-refractivity contribution in [3.8, 4) is 0 Å². The first-order chi connectivity index (χ1) is 13.7. The van der Waals surface area contributed by atoms with Crippen LogP contribution in [0.4, 0.5) is 21.8 Å². The van der Waals surface area contributed by atoms with Crippen LogP contribution in [0.3, 0.4) is 0 Å². The fourth-order valence-corrected chi connectivity index (χ4v) is 3.44. The van der Waals surface area contributed by atoms with Gasteiger partial charge in [-0.3, -0.25) is 0 Å². The van der Waals surface area contributed by atoms with Crippen molar-refractivity contribution in [2.75, 3.05) is 41.3 Å². The van der Waals surface area contributed by atoms with Crippen LogP contribution < -0.4 is 15.1 Å². The van der Waals surface area contributed by atoms with E-state index in [1.807, 2.05) is 36.4 Å². The Morgan fingerprint density at radius 2 is 1.57 bits per heavy atom. The predicted octanol–water partition coefficient (Wildman–Crippen LogP) is 4.12. The Labute approximate surface area is 164 Å². The number of aromatic nitrogens is 2. The van der Waals surface area contributed by atoms with Crippen LogP contribution >= 0.6 is 0 Å². The number of anilines is 3. The van der Waals surface area contributed by atoms with Crippen molar-refractivity contribution in [2.24, 2.45) is 0 Å². The number of hydrogen-bond donors (Lipinski definition) is 1. The summed E-state index contributed by atoms with van der Waals surface area (Å²) in [6, 6.07) is 19.1. The zero-order valence-corrected chi connectivity index (χ0v) is 15.9. The van der Waals surface area contributed by atoms with Gasteiger partial charge in [-0.05, 0) is 42.8 Å². The maximum atomic E-state index is 13.1. The summed E-state index contributed by atoms with van der Waals surface area (Å²) >= 11 is 0. The summed E-state index contributed by atoms with van der Waals surface area (Å²) in [7, 11) is 0. The van der Waals surface area contributed by atoms with E-state index >= 15 is 0 Å². The van der Waals surface area contributed by atoms with Gasteiger partial charge in [0.2, 0.25) is 5.95 Å². The molecule has 3 aromatic rings. The molecule has 1 N–H and O–H groups in total. The van der Waals surface area contributed by atoms with Crippen LogP contribution in [-0.2, 0) is 0 Å². The van der Waals surface area contributed by atoms with E-state index in [0.29, 0.717) is 0 Å². The Bertz CT molecular complexity index is 892. The molecule has 0 amide bonds. The van der Waals surface area contributed by atoms with E-state index in [0.717, 1.165) is 43.6 Å². The molecular weight excluding hydrogens is 353 g/mol. The maximum Gasteiger partial charge on any atom is 0.227 e. The van der Waals surface area contributed by atoms with E-state index in [1.54, 1.807) is 6.20 Å². The number of hydrogen-bond acceptors (Lipinski definition) is 5. The van der Waals surface area contributed by atoms with Gasteiger partial charge in [-0.25, -0.2) is 9.37 Å². The van der Waals surface area contributed by atoms with Crippen molar-refractivity contribution in [1.82, 2.24) is 9.97 Å². The first kappa shape index (κ1) is 18.2. The van der Waals surface area contributed by atoms with Gasteiger partial charge in [0, 0.05) is 44.1 Å². The molecule has 5 nitrogen and oxygen atoms in total. The normalized spacial score (nSPS) is 15.4. The van der Waals surface area contributed by atoms with Crippen LogP contribution in [0.1, 0.15) is 18.5 Å². The van der Waals surface area contributed by atoms with Gasteiger partial charge in [-0.2, -0.15) is 4.98 Å². The lowest BCUT2D eigenvalue weighted by Gasteiger charge is -2.36. The van der Waals surface area contributed by atoms with Crippen molar-refractivity contribution in [3.63, 3.8) is 0 Å². The first-order valence-electron chi connectivity index (χ1n) is 9.59. The predicted molar refractivity (Wildman–Crippen MR) is 111 cm³/mol. The summed E-state index contributed by atoms with van der Waals surface area (Å²) in [5.41, 5.74) is 2.27. The highest BCUT2D eigenvalue weighted by Crippen LogP contribution is 2.21. The second kappa shape index (κ2) is 8.25. The molecule has 0 spiro atoms. The Balaban J connectivity index is 1.39. The van der Waals surface area contributed by atoms with E-state index in [1.165, 1.54) is 17.7 Å². The zero-order chi connectivity index (χ0) is 19.3. The lowest BCUT2D eigenvalue weighted by atomic mass is 10.1. The van der Waals surface area contributed by atoms with Crippen molar-refractivity contribution < 1.29 is 4.39 Å². The molecule has 6 heteroatoms. The Morgan fingerprint density at radius 3 is 2.29 bits per heavy atom. The lowest BCUT2D eigenvalue weighted by Crippen LogP contribution is -2.47. The third kappa shape index (κ3) is 4.22. The molecule has 2 aromatic carbocycles. The van der Waals surface area contributed by atoms with E-state index in [4.69, 9.17) is 4.98 Å².